The van der Waals surface area contributed by atoms with Gasteiger partial charge in [-0.1, -0.05) is 103 Å². The van der Waals surface area contributed by atoms with Crippen LogP contribution in [0, 0.1) is 11.3 Å². The third kappa shape index (κ3) is 3.42. The van der Waals surface area contributed by atoms with E-state index in [0.29, 0.717) is 11.5 Å². The van der Waals surface area contributed by atoms with Crippen molar-refractivity contribution in [2.75, 3.05) is 0 Å². The summed E-state index contributed by atoms with van der Waals surface area (Å²) in [6, 6.07) is 48.7. The molecule has 0 unspecified atom stereocenters. The largest absolute Gasteiger partial charge is 0.277 e. The normalized spacial score (nSPS) is 11.9. The molecule has 46 heavy (non-hydrogen) atoms. The van der Waals surface area contributed by atoms with Gasteiger partial charge in [-0.2, -0.15) is 5.26 Å². The number of benzene rings is 7. The number of rotatable bonds is 2. The van der Waals surface area contributed by atoms with E-state index in [4.69, 9.17) is 9.97 Å². The van der Waals surface area contributed by atoms with Crippen LogP contribution in [0.25, 0.3) is 91.6 Å². The number of nitrogens with zero attached hydrogens (tertiary/aromatic N) is 4. The molecule has 0 aliphatic carbocycles. The van der Waals surface area contributed by atoms with Crippen LogP contribution in [0.2, 0.25) is 0 Å². The highest BCUT2D eigenvalue weighted by Crippen LogP contribution is 2.49. The first kappa shape index (κ1) is 25.3. The quantitative estimate of drug-likeness (QED) is 0.185. The second kappa shape index (κ2) is 9.45. The predicted octanol–water partition coefficient (Wildman–Crippen LogP) is 10.9. The van der Waals surface area contributed by atoms with E-state index in [9.17, 15) is 5.26 Å². The average molecular weight is 603 g/mol. The molecule has 0 spiro atoms. The van der Waals surface area contributed by atoms with E-state index < -0.39 is 0 Å². The van der Waals surface area contributed by atoms with E-state index in [1.54, 1.807) is 0 Å². The summed E-state index contributed by atoms with van der Waals surface area (Å²) in [5.74, 6) is 0.626. The standard InChI is InChI=1S/C41H22N4S/c42-23-24-17-19-26(20-18-24)38-28-11-3-6-14-32(28)43-41(44-38)45-33-15-7-4-12-29(33)35-31-22-21-25-9-1-2-10-27(25)36(31)40-37(39(35)45)30-13-5-8-16-34(30)46-40/h1-22H. The summed E-state index contributed by atoms with van der Waals surface area (Å²) in [6.07, 6.45) is 0. The molecule has 0 saturated carbocycles. The minimum atomic E-state index is 0.621. The van der Waals surface area contributed by atoms with Crippen LogP contribution in [-0.4, -0.2) is 14.5 Å². The molecule has 4 nitrogen and oxygen atoms in total. The Morgan fingerprint density at radius 2 is 1.28 bits per heavy atom. The molecule has 3 aromatic heterocycles. The van der Waals surface area contributed by atoms with E-state index >= 15 is 0 Å². The first-order chi connectivity index (χ1) is 22.8. The molecule has 0 aliphatic heterocycles. The maximum atomic E-state index is 9.44. The second-order valence-electron chi connectivity index (χ2n) is 11.7. The van der Waals surface area contributed by atoms with Gasteiger partial charge in [-0.15, -0.1) is 11.3 Å². The van der Waals surface area contributed by atoms with Crippen molar-refractivity contribution in [3.63, 3.8) is 0 Å². The Bertz CT molecular complexity index is 2920. The Kier molecular flexibility index (Phi) is 5.19. The predicted molar refractivity (Wildman–Crippen MR) is 192 cm³/mol. The lowest BCUT2D eigenvalue weighted by Gasteiger charge is -2.13. The number of hydrogen-bond donors (Lipinski definition) is 0. The SMILES string of the molecule is N#Cc1ccc(-c2nc(-n3c4ccccc4c4c5ccc6ccccc6c5c5sc6ccccc6c5c43)nc3ccccc23)cc1. The molecule has 7 aromatic carbocycles. The van der Waals surface area contributed by atoms with Crippen LogP contribution in [-0.2, 0) is 0 Å². The van der Waals surface area contributed by atoms with Crippen molar-refractivity contribution in [1.29, 1.82) is 5.26 Å². The Labute approximate surface area is 267 Å². The Balaban J connectivity index is 1.45. The molecule has 0 N–H and O–H groups in total. The van der Waals surface area contributed by atoms with Gasteiger partial charge in [-0.25, -0.2) is 9.97 Å². The van der Waals surface area contributed by atoms with Gasteiger partial charge in [0.05, 0.1) is 33.9 Å². The van der Waals surface area contributed by atoms with E-state index in [1.165, 1.54) is 52.5 Å². The third-order valence-corrected chi connectivity index (χ3v) is 10.4. The van der Waals surface area contributed by atoms with Crippen molar-refractivity contribution in [3.05, 3.63) is 139 Å². The molecule has 10 aromatic rings. The molecule has 3 heterocycles. The van der Waals surface area contributed by atoms with Crippen LogP contribution >= 0.6 is 11.3 Å². The van der Waals surface area contributed by atoms with Crippen molar-refractivity contribution < 1.29 is 0 Å². The zero-order chi connectivity index (χ0) is 30.4. The Morgan fingerprint density at radius 1 is 0.565 bits per heavy atom. The zero-order valence-corrected chi connectivity index (χ0v) is 25.2. The van der Waals surface area contributed by atoms with Crippen LogP contribution in [0.1, 0.15) is 5.56 Å². The molecule has 0 fully saturated rings. The number of fused-ring (bicyclic) bond motifs is 13. The monoisotopic (exact) mass is 602 g/mol. The maximum absolute atomic E-state index is 9.44. The summed E-state index contributed by atoms with van der Waals surface area (Å²) in [5.41, 5.74) is 5.47. The number of para-hydroxylation sites is 2. The Hall–Kier alpha value is -6.09. The molecule has 5 heteroatoms. The summed E-state index contributed by atoms with van der Waals surface area (Å²) >= 11 is 1.86. The number of thiophene rings is 1. The molecule has 0 atom stereocenters. The highest BCUT2D eigenvalue weighted by molar-refractivity contribution is 7.27. The number of hydrogen-bond acceptors (Lipinski definition) is 4. The molecule has 0 radical (unpaired) electrons. The summed E-state index contributed by atoms with van der Waals surface area (Å²) in [7, 11) is 0. The van der Waals surface area contributed by atoms with E-state index in [0.717, 1.165) is 33.2 Å². The van der Waals surface area contributed by atoms with Gasteiger partial charge in [0.1, 0.15) is 0 Å². The summed E-state index contributed by atoms with van der Waals surface area (Å²) in [6.45, 7) is 0. The van der Waals surface area contributed by atoms with Gasteiger partial charge in [0.15, 0.2) is 0 Å². The zero-order valence-electron chi connectivity index (χ0n) is 24.4. The highest BCUT2D eigenvalue weighted by Gasteiger charge is 2.24. The lowest BCUT2D eigenvalue weighted by molar-refractivity contribution is 1.02. The van der Waals surface area contributed by atoms with E-state index in [1.807, 2.05) is 47.7 Å². The first-order valence-corrected chi connectivity index (χ1v) is 16.1. The first-order valence-electron chi connectivity index (χ1n) is 15.2. The van der Waals surface area contributed by atoms with Gasteiger partial charge in [0.25, 0.3) is 0 Å². The van der Waals surface area contributed by atoms with Gasteiger partial charge in [0.2, 0.25) is 5.95 Å². The van der Waals surface area contributed by atoms with Gasteiger partial charge >= 0.3 is 0 Å². The van der Waals surface area contributed by atoms with Crippen LogP contribution < -0.4 is 0 Å². The molecular weight excluding hydrogens is 581 g/mol. The van der Waals surface area contributed by atoms with E-state index in [-0.39, 0.29) is 0 Å². The van der Waals surface area contributed by atoms with Crippen molar-refractivity contribution in [2.45, 2.75) is 0 Å². The minimum Gasteiger partial charge on any atom is -0.277 e. The molecule has 10 rings (SSSR count). The van der Waals surface area contributed by atoms with Crippen LogP contribution in [0.15, 0.2) is 133 Å². The van der Waals surface area contributed by atoms with Gasteiger partial charge < -0.3 is 0 Å². The summed E-state index contributed by atoms with van der Waals surface area (Å²) < 4.78 is 4.81. The summed E-state index contributed by atoms with van der Waals surface area (Å²) in [5, 5.41) is 20.3. The fraction of sp³-hybridized carbons (Fsp3) is 0. The van der Waals surface area contributed by atoms with Crippen molar-refractivity contribution in [1.82, 2.24) is 14.5 Å². The smallest absolute Gasteiger partial charge is 0.235 e. The lowest BCUT2D eigenvalue weighted by Crippen LogP contribution is -2.03. The lowest BCUT2D eigenvalue weighted by atomic mass is 9.95. The fourth-order valence-corrected chi connectivity index (χ4v) is 8.50. The topological polar surface area (TPSA) is 54.5 Å². The van der Waals surface area contributed by atoms with Crippen LogP contribution in [0.5, 0.6) is 0 Å². The second-order valence-corrected chi connectivity index (χ2v) is 12.7. The molecule has 0 saturated heterocycles. The third-order valence-electron chi connectivity index (χ3n) is 9.21. The molecule has 0 aliphatic rings. The average Bonchev–Trinajstić information content (AvgIpc) is 3.67. The number of aromatic nitrogens is 3. The molecular formula is C41H22N4S. The van der Waals surface area contributed by atoms with E-state index in [2.05, 4.69) is 108 Å². The van der Waals surface area contributed by atoms with Crippen molar-refractivity contribution in [2.24, 2.45) is 0 Å². The van der Waals surface area contributed by atoms with Gasteiger partial charge in [-0.05, 0) is 46.5 Å². The fourth-order valence-electron chi connectivity index (χ4n) is 7.23. The Morgan fingerprint density at radius 3 is 2.13 bits per heavy atom. The number of nitriles is 1. The molecule has 0 bridgehead atoms. The van der Waals surface area contributed by atoms with Crippen molar-refractivity contribution in [3.8, 4) is 23.3 Å². The van der Waals surface area contributed by atoms with Gasteiger partial charge in [-0.3, -0.25) is 4.57 Å². The summed E-state index contributed by atoms with van der Waals surface area (Å²) in [4.78, 5) is 10.6. The maximum Gasteiger partial charge on any atom is 0.235 e. The van der Waals surface area contributed by atoms with Crippen LogP contribution in [0.3, 0.4) is 0 Å². The molecule has 0 amide bonds. The minimum absolute atomic E-state index is 0.621. The highest BCUT2D eigenvalue weighted by atomic mass is 32.1. The van der Waals surface area contributed by atoms with Crippen LogP contribution in [0.4, 0.5) is 0 Å². The molecule has 212 valence electrons. The van der Waals surface area contributed by atoms with Gasteiger partial charge in [0, 0.05) is 47.3 Å². The van der Waals surface area contributed by atoms with Crippen molar-refractivity contribution >= 4 is 85.8 Å².